The first-order chi connectivity index (χ1) is 17.3. The van der Waals surface area contributed by atoms with Crippen molar-refractivity contribution in [2.45, 2.75) is 25.4 Å². The molecular formula is C23H16F7N5O2. The zero-order chi connectivity index (χ0) is 27.0. The van der Waals surface area contributed by atoms with Crippen LogP contribution in [-0.2, 0) is 25.4 Å². The van der Waals surface area contributed by atoms with Gasteiger partial charge in [0.2, 0.25) is 0 Å². The largest absolute Gasteiger partial charge is 0.416 e. The van der Waals surface area contributed by atoms with Crippen molar-refractivity contribution in [3.05, 3.63) is 93.4 Å². The van der Waals surface area contributed by atoms with Crippen LogP contribution in [0.1, 0.15) is 27.0 Å². The highest BCUT2D eigenvalue weighted by Gasteiger charge is 2.37. The molecule has 1 N–H and O–H groups in total. The van der Waals surface area contributed by atoms with Crippen LogP contribution in [0, 0.1) is 5.82 Å². The zero-order valence-electron chi connectivity index (χ0n) is 18.6. The first-order valence-electron chi connectivity index (χ1n) is 10.6. The van der Waals surface area contributed by atoms with E-state index < -0.39 is 46.3 Å². The minimum atomic E-state index is -5.09. The second-order valence-corrected chi connectivity index (χ2v) is 7.92. The molecule has 0 atom stereocenters. The summed E-state index contributed by atoms with van der Waals surface area (Å²) in [7, 11) is 0. The van der Waals surface area contributed by atoms with Gasteiger partial charge in [0, 0.05) is 17.7 Å². The van der Waals surface area contributed by atoms with Crippen LogP contribution in [0.25, 0.3) is 11.0 Å². The molecule has 14 heteroatoms. The number of benzene rings is 2. The molecule has 1 amide bonds. The number of carbonyl (C=O) groups excluding carboxylic acids is 1. The fraction of sp³-hybridized carbons (Fsp3) is 0.217. The van der Waals surface area contributed by atoms with Gasteiger partial charge in [-0.15, -0.1) is 0 Å². The lowest BCUT2D eigenvalue weighted by atomic mass is 10.0. The number of amides is 1. The number of aromatic nitrogens is 4. The van der Waals surface area contributed by atoms with Crippen LogP contribution in [0.2, 0.25) is 0 Å². The van der Waals surface area contributed by atoms with Crippen LogP contribution in [0.4, 0.5) is 30.7 Å². The molecule has 7 nitrogen and oxygen atoms in total. The van der Waals surface area contributed by atoms with Crippen molar-refractivity contribution in [2.75, 3.05) is 6.54 Å². The third-order valence-corrected chi connectivity index (χ3v) is 5.38. The molecule has 2 heterocycles. The summed E-state index contributed by atoms with van der Waals surface area (Å²) in [4.78, 5) is 29.2. The smallest absolute Gasteiger partial charge is 0.350 e. The number of hydrogen-bond acceptors (Lipinski definition) is 4. The molecule has 2 aromatic carbocycles. The molecule has 0 aliphatic heterocycles. The molecule has 0 spiro atoms. The number of hydrogen-bond donors (Lipinski definition) is 1. The Labute approximate surface area is 203 Å². The first kappa shape index (κ1) is 25.9. The fourth-order valence-electron chi connectivity index (χ4n) is 3.55. The maximum Gasteiger partial charge on any atom is 0.416 e. The highest BCUT2D eigenvalue weighted by Crippen LogP contribution is 2.36. The summed E-state index contributed by atoms with van der Waals surface area (Å²) in [6, 6.07) is 6.47. The number of halogens is 7. The molecular weight excluding hydrogens is 511 g/mol. The molecule has 0 saturated heterocycles. The molecule has 0 unspecified atom stereocenters. The van der Waals surface area contributed by atoms with Crippen molar-refractivity contribution < 1.29 is 35.5 Å². The van der Waals surface area contributed by atoms with E-state index in [1.807, 2.05) is 0 Å². The van der Waals surface area contributed by atoms with Gasteiger partial charge < -0.3 is 5.32 Å². The van der Waals surface area contributed by atoms with Crippen molar-refractivity contribution in [3.8, 4) is 0 Å². The molecule has 0 bridgehead atoms. The molecule has 0 saturated carbocycles. The standard InChI is InChI=1S/C23H16F7N5O2/c24-18-4-2-1-3-13(18)11-34-12-32-19-17(21(34)37)10-33-35(19)6-5-31-20(36)14-7-15(22(25,26)27)9-16(8-14)23(28,29)30/h1-4,7-10,12H,5-6,11H2,(H,31,36). The van der Waals surface area contributed by atoms with E-state index in [9.17, 15) is 40.3 Å². The van der Waals surface area contributed by atoms with E-state index in [1.54, 1.807) is 6.07 Å². The fourth-order valence-corrected chi connectivity index (χ4v) is 3.55. The van der Waals surface area contributed by atoms with Gasteiger partial charge in [0.15, 0.2) is 5.65 Å². The van der Waals surface area contributed by atoms with Crippen LogP contribution >= 0.6 is 0 Å². The molecule has 194 valence electrons. The van der Waals surface area contributed by atoms with Gasteiger partial charge in [0.25, 0.3) is 11.5 Å². The van der Waals surface area contributed by atoms with Crippen molar-refractivity contribution in [2.24, 2.45) is 0 Å². The van der Waals surface area contributed by atoms with Crippen LogP contribution in [0.15, 0.2) is 59.8 Å². The number of nitrogens with zero attached hydrogens (tertiary/aromatic N) is 4. The second kappa shape index (κ2) is 9.67. The van der Waals surface area contributed by atoms with E-state index in [4.69, 9.17) is 0 Å². The van der Waals surface area contributed by atoms with Gasteiger partial charge in [0.05, 0.1) is 30.4 Å². The number of carbonyl (C=O) groups is 1. The third kappa shape index (κ3) is 5.62. The zero-order valence-corrected chi connectivity index (χ0v) is 18.6. The molecule has 4 aromatic rings. The highest BCUT2D eigenvalue weighted by molar-refractivity contribution is 5.94. The molecule has 37 heavy (non-hydrogen) atoms. The van der Waals surface area contributed by atoms with Gasteiger partial charge in [-0.05, 0) is 24.3 Å². The van der Waals surface area contributed by atoms with E-state index in [2.05, 4.69) is 15.4 Å². The lowest BCUT2D eigenvalue weighted by Gasteiger charge is -2.14. The summed E-state index contributed by atoms with van der Waals surface area (Å²) in [5.74, 6) is -1.66. The average molecular weight is 527 g/mol. The van der Waals surface area contributed by atoms with Crippen LogP contribution in [-0.4, -0.2) is 31.8 Å². The number of rotatable bonds is 6. The number of nitrogens with one attached hydrogen (secondary N) is 1. The van der Waals surface area contributed by atoms with Crippen LogP contribution in [0.5, 0.6) is 0 Å². The summed E-state index contributed by atoms with van der Waals surface area (Å²) in [6.45, 7) is -0.413. The normalized spacial score (nSPS) is 12.2. The van der Waals surface area contributed by atoms with Gasteiger partial charge in [-0.25, -0.2) is 14.1 Å². The second-order valence-electron chi connectivity index (χ2n) is 7.92. The Bertz CT molecular complexity index is 1490. The summed E-state index contributed by atoms with van der Waals surface area (Å²) in [5.41, 5.74) is -4.15. The Balaban J connectivity index is 1.49. The lowest BCUT2D eigenvalue weighted by Crippen LogP contribution is -2.28. The molecule has 0 radical (unpaired) electrons. The first-order valence-corrected chi connectivity index (χ1v) is 10.6. The van der Waals surface area contributed by atoms with Crippen LogP contribution < -0.4 is 10.9 Å². The summed E-state index contributed by atoms with van der Waals surface area (Å²) in [5, 5.41) is 6.33. The predicted molar refractivity (Wildman–Crippen MR) is 116 cm³/mol. The van der Waals surface area contributed by atoms with Crippen LogP contribution in [0.3, 0.4) is 0 Å². The molecule has 0 fully saturated rings. The topological polar surface area (TPSA) is 81.8 Å². The summed E-state index contributed by atoms with van der Waals surface area (Å²) < 4.78 is 94.5. The molecule has 0 aliphatic carbocycles. The lowest BCUT2D eigenvalue weighted by molar-refractivity contribution is -0.143. The van der Waals surface area contributed by atoms with E-state index in [0.717, 1.165) is 0 Å². The summed E-state index contributed by atoms with van der Waals surface area (Å²) >= 11 is 0. The van der Waals surface area contributed by atoms with E-state index in [-0.39, 0.29) is 42.3 Å². The maximum atomic E-state index is 13.9. The third-order valence-electron chi connectivity index (χ3n) is 5.38. The van der Waals surface area contributed by atoms with Gasteiger partial charge in [0.1, 0.15) is 17.5 Å². The molecule has 4 rings (SSSR count). The van der Waals surface area contributed by atoms with E-state index in [0.29, 0.717) is 12.1 Å². The quantitative estimate of drug-likeness (QED) is 0.381. The number of alkyl halides is 6. The Morgan fingerprint density at radius 2 is 1.62 bits per heavy atom. The van der Waals surface area contributed by atoms with Gasteiger partial charge in [-0.2, -0.15) is 31.4 Å². The molecule has 0 aliphatic rings. The monoisotopic (exact) mass is 527 g/mol. The van der Waals surface area contributed by atoms with Crippen molar-refractivity contribution >= 4 is 16.9 Å². The van der Waals surface area contributed by atoms with E-state index in [1.165, 1.54) is 40.0 Å². The average Bonchev–Trinajstić information content (AvgIpc) is 3.24. The molecule has 2 aromatic heterocycles. The minimum absolute atomic E-state index is 0.0721. The van der Waals surface area contributed by atoms with Gasteiger partial charge in [-0.3, -0.25) is 14.2 Å². The van der Waals surface area contributed by atoms with Gasteiger partial charge >= 0.3 is 12.4 Å². The predicted octanol–water partition coefficient (Wildman–Crippen LogP) is 4.25. The number of fused-ring (bicyclic) bond motifs is 1. The van der Waals surface area contributed by atoms with Crippen molar-refractivity contribution in [3.63, 3.8) is 0 Å². The Morgan fingerprint density at radius 3 is 2.24 bits per heavy atom. The van der Waals surface area contributed by atoms with Crippen molar-refractivity contribution in [1.29, 1.82) is 0 Å². The Kier molecular flexibility index (Phi) is 6.76. The van der Waals surface area contributed by atoms with Crippen molar-refractivity contribution in [1.82, 2.24) is 24.6 Å². The SMILES string of the molecule is O=C(NCCn1ncc2c(=O)n(Cc3ccccc3F)cnc21)c1cc(C(F)(F)F)cc(C(F)(F)F)c1. The van der Waals surface area contributed by atoms with E-state index >= 15 is 0 Å². The Hall–Kier alpha value is -4.23. The highest BCUT2D eigenvalue weighted by atomic mass is 19.4. The Morgan fingerprint density at radius 1 is 0.973 bits per heavy atom. The minimum Gasteiger partial charge on any atom is -0.350 e. The van der Waals surface area contributed by atoms with Gasteiger partial charge in [-0.1, -0.05) is 18.2 Å². The maximum absolute atomic E-state index is 13.9. The summed E-state index contributed by atoms with van der Waals surface area (Å²) in [6.07, 6.45) is -7.77.